The first-order valence-electron chi connectivity index (χ1n) is 8.15. The second-order valence-electron chi connectivity index (χ2n) is 6.94. The number of hydrogen-bond donors (Lipinski definition) is 2. The van der Waals surface area contributed by atoms with Crippen LogP contribution >= 0.6 is 0 Å². The van der Waals surface area contributed by atoms with E-state index in [1.807, 2.05) is 20.8 Å². The summed E-state index contributed by atoms with van der Waals surface area (Å²) < 4.78 is 9.61. The first kappa shape index (κ1) is 21.4. The largest absolute Gasteiger partial charge is 0.469 e. The number of esters is 2. The molecule has 0 spiro atoms. The van der Waals surface area contributed by atoms with Crippen LogP contribution in [-0.4, -0.2) is 36.5 Å². The van der Waals surface area contributed by atoms with Crippen molar-refractivity contribution >= 4 is 17.8 Å². The van der Waals surface area contributed by atoms with E-state index in [2.05, 4.69) is 16.6 Å². The van der Waals surface area contributed by atoms with Gasteiger partial charge in [0.25, 0.3) is 0 Å². The average molecular weight is 362 g/mol. The topological polar surface area (TPSA) is 108 Å². The third-order valence-electron chi connectivity index (χ3n) is 3.30. The number of rotatable bonds is 7. The standard InChI is InChI=1S/C19H26N2O5/c1-12(10-16(22)25-5)18(24)26-14-8-6-13(7-9-14)11-15(20)17(23)21-19(2,3)4/h6-9,15H,1,10-11,20H2,2-5H3,(H,21,23). The summed E-state index contributed by atoms with van der Waals surface area (Å²) in [5.41, 5.74) is 6.40. The van der Waals surface area contributed by atoms with Gasteiger partial charge in [-0.1, -0.05) is 18.7 Å². The van der Waals surface area contributed by atoms with Gasteiger partial charge in [-0.25, -0.2) is 4.79 Å². The molecule has 0 radical (unpaired) electrons. The second kappa shape index (κ2) is 9.15. The monoisotopic (exact) mass is 362 g/mol. The quantitative estimate of drug-likeness (QED) is 0.432. The molecule has 7 nitrogen and oxygen atoms in total. The third kappa shape index (κ3) is 7.48. The summed E-state index contributed by atoms with van der Waals surface area (Å²) in [7, 11) is 1.23. The van der Waals surface area contributed by atoms with Crippen LogP contribution in [0.2, 0.25) is 0 Å². The fourth-order valence-electron chi connectivity index (χ4n) is 2.00. The van der Waals surface area contributed by atoms with Gasteiger partial charge >= 0.3 is 11.9 Å². The third-order valence-corrected chi connectivity index (χ3v) is 3.30. The minimum absolute atomic E-state index is 0.00167. The molecule has 1 amide bonds. The van der Waals surface area contributed by atoms with Crippen molar-refractivity contribution in [2.24, 2.45) is 5.73 Å². The number of nitrogens with one attached hydrogen (secondary N) is 1. The first-order chi connectivity index (χ1) is 12.0. The first-order valence-corrected chi connectivity index (χ1v) is 8.15. The zero-order valence-corrected chi connectivity index (χ0v) is 15.6. The number of amides is 1. The van der Waals surface area contributed by atoms with E-state index in [1.54, 1.807) is 24.3 Å². The predicted molar refractivity (Wildman–Crippen MR) is 97.4 cm³/mol. The highest BCUT2D eigenvalue weighted by molar-refractivity contribution is 5.94. The van der Waals surface area contributed by atoms with Crippen molar-refractivity contribution in [1.29, 1.82) is 0 Å². The number of methoxy groups -OCH3 is 1. The van der Waals surface area contributed by atoms with Crippen LogP contribution in [0, 0.1) is 0 Å². The van der Waals surface area contributed by atoms with Gasteiger partial charge in [-0.05, 0) is 44.9 Å². The van der Waals surface area contributed by atoms with E-state index in [0.29, 0.717) is 12.2 Å². The Balaban J connectivity index is 2.60. The summed E-state index contributed by atoms with van der Waals surface area (Å²) in [6, 6.07) is 5.94. The summed E-state index contributed by atoms with van der Waals surface area (Å²) in [5, 5.41) is 2.83. The van der Waals surface area contributed by atoms with Gasteiger partial charge in [0, 0.05) is 11.1 Å². The maximum atomic E-state index is 12.0. The van der Waals surface area contributed by atoms with Gasteiger partial charge in [0.05, 0.1) is 19.6 Å². The Bertz CT molecular complexity index is 674. The molecule has 3 N–H and O–H groups in total. The normalized spacial score (nSPS) is 12.0. The maximum absolute atomic E-state index is 12.0. The summed E-state index contributed by atoms with van der Waals surface area (Å²) in [4.78, 5) is 35.0. The van der Waals surface area contributed by atoms with Crippen LogP contribution < -0.4 is 15.8 Å². The van der Waals surface area contributed by atoms with Crippen LogP contribution in [0.4, 0.5) is 0 Å². The summed E-state index contributed by atoms with van der Waals surface area (Å²) in [6.45, 7) is 9.16. The van der Waals surface area contributed by atoms with Crippen molar-refractivity contribution in [3.63, 3.8) is 0 Å². The summed E-state index contributed by atoms with van der Waals surface area (Å²) in [5.74, 6) is -1.20. The van der Waals surface area contributed by atoms with E-state index >= 15 is 0 Å². The molecule has 0 bridgehead atoms. The molecule has 0 saturated carbocycles. The van der Waals surface area contributed by atoms with Crippen LogP contribution in [0.15, 0.2) is 36.4 Å². The summed E-state index contributed by atoms with van der Waals surface area (Å²) in [6.07, 6.45) is 0.121. The van der Waals surface area contributed by atoms with Gasteiger partial charge in [0.2, 0.25) is 5.91 Å². The van der Waals surface area contributed by atoms with Gasteiger partial charge < -0.3 is 20.5 Å². The SMILES string of the molecule is C=C(CC(=O)OC)C(=O)Oc1ccc(CC(N)C(=O)NC(C)(C)C)cc1. The van der Waals surface area contributed by atoms with Crippen molar-refractivity contribution < 1.29 is 23.9 Å². The zero-order valence-electron chi connectivity index (χ0n) is 15.6. The molecule has 1 unspecified atom stereocenters. The maximum Gasteiger partial charge on any atom is 0.339 e. The van der Waals surface area contributed by atoms with Gasteiger partial charge in [0.15, 0.2) is 0 Å². The van der Waals surface area contributed by atoms with E-state index in [0.717, 1.165) is 5.56 Å². The summed E-state index contributed by atoms with van der Waals surface area (Å²) >= 11 is 0. The van der Waals surface area contributed by atoms with Crippen LogP contribution in [0.25, 0.3) is 0 Å². The molecule has 1 rings (SSSR count). The average Bonchev–Trinajstić information content (AvgIpc) is 2.54. The van der Waals surface area contributed by atoms with Crippen LogP contribution in [0.5, 0.6) is 5.75 Å². The lowest BCUT2D eigenvalue weighted by Crippen LogP contribution is -2.49. The van der Waals surface area contributed by atoms with E-state index in [1.165, 1.54) is 7.11 Å². The molecule has 1 aromatic rings. The fourth-order valence-corrected chi connectivity index (χ4v) is 2.00. The van der Waals surface area contributed by atoms with Crippen LogP contribution in [0.1, 0.15) is 32.8 Å². The van der Waals surface area contributed by atoms with Gasteiger partial charge in [0.1, 0.15) is 5.75 Å². The Morgan fingerprint density at radius 3 is 2.27 bits per heavy atom. The zero-order chi connectivity index (χ0) is 19.9. The molecule has 0 aliphatic carbocycles. The lowest BCUT2D eigenvalue weighted by molar-refractivity contribution is -0.141. The molecule has 0 saturated heterocycles. The number of nitrogens with two attached hydrogens (primary N) is 1. The molecule has 26 heavy (non-hydrogen) atoms. The van der Waals surface area contributed by atoms with Gasteiger partial charge in [-0.15, -0.1) is 0 Å². The molecule has 7 heteroatoms. The second-order valence-corrected chi connectivity index (χ2v) is 6.94. The molecular formula is C19H26N2O5. The highest BCUT2D eigenvalue weighted by Gasteiger charge is 2.20. The van der Waals surface area contributed by atoms with Crippen molar-refractivity contribution in [2.45, 2.75) is 45.2 Å². The van der Waals surface area contributed by atoms with Crippen molar-refractivity contribution in [2.75, 3.05) is 7.11 Å². The van der Waals surface area contributed by atoms with E-state index in [-0.39, 0.29) is 23.4 Å². The Labute approximate surface area is 153 Å². The lowest BCUT2D eigenvalue weighted by Gasteiger charge is -2.23. The number of carbonyl (C=O) groups is 3. The Morgan fingerprint density at radius 1 is 1.19 bits per heavy atom. The van der Waals surface area contributed by atoms with E-state index in [9.17, 15) is 14.4 Å². The molecule has 0 aliphatic rings. The molecule has 1 aromatic carbocycles. The fraction of sp³-hybridized carbons (Fsp3) is 0.421. The van der Waals surface area contributed by atoms with Crippen molar-refractivity contribution in [3.8, 4) is 5.75 Å². The Hall–Kier alpha value is -2.67. The minimum atomic E-state index is -0.704. The molecular weight excluding hydrogens is 336 g/mol. The Morgan fingerprint density at radius 2 is 1.77 bits per heavy atom. The van der Waals surface area contributed by atoms with Crippen molar-refractivity contribution in [3.05, 3.63) is 42.0 Å². The number of ether oxygens (including phenoxy) is 2. The lowest BCUT2D eigenvalue weighted by atomic mass is 10.0. The molecule has 0 heterocycles. The number of hydrogen-bond acceptors (Lipinski definition) is 6. The van der Waals surface area contributed by atoms with Gasteiger partial charge in [-0.3, -0.25) is 9.59 Å². The molecule has 1 atom stereocenters. The smallest absolute Gasteiger partial charge is 0.339 e. The predicted octanol–water partition coefficient (Wildman–Crippen LogP) is 1.50. The van der Waals surface area contributed by atoms with E-state index < -0.39 is 18.0 Å². The molecule has 0 aromatic heterocycles. The van der Waals surface area contributed by atoms with Crippen LogP contribution in [-0.2, 0) is 25.5 Å². The number of carbonyl (C=O) groups excluding carboxylic acids is 3. The minimum Gasteiger partial charge on any atom is -0.469 e. The van der Waals surface area contributed by atoms with Gasteiger partial charge in [-0.2, -0.15) is 0 Å². The highest BCUT2D eigenvalue weighted by atomic mass is 16.5. The highest BCUT2D eigenvalue weighted by Crippen LogP contribution is 2.15. The molecule has 0 aliphatic heterocycles. The molecule has 0 fully saturated rings. The Kier molecular flexibility index (Phi) is 7.52. The van der Waals surface area contributed by atoms with Crippen LogP contribution in [0.3, 0.4) is 0 Å². The van der Waals surface area contributed by atoms with Crippen molar-refractivity contribution in [1.82, 2.24) is 5.32 Å². The number of benzene rings is 1. The molecule has 142 valence electrons. The van der Waals surface area contributed by atoms with E-state index in [4.69, 9.17) is 10.5 Å².